The van der Waals surface area contributed by atoms with Crippen LogP contribution in [-0.4, -0.2) is 35.0 Å². The molecular weight excluding hydrogens is 329 g/mol. The second-order valence-electron chi connectivity index (χ2n) is 4.92. The van der Waals surface area contributed by atoms with Gasteiger partial charge in [0.15, 0.2) is 0 Å². The zero-order chi connectivity index (χ0) is 14.7. The lowest BCUT2D eigenvalue weighted by atomic mass is 9.96. The molecule has 0 saturated carbocycles. The maximum Gasteiger partial charge on any atom is 0.306 e. The molecule has 1 amide bonds. The van der Waals surface area contributed by atoms with Crippen LogP contribution in [0.3, 0.4) is 0 Å². The van der Waals surface area contributed by atoms with Crippen molar-refractivity contribution in [3.63, 3.8) is 0 Å². The summed E-state index contributed by atoms with van der Waals surface area (Å²) in [4.78, 5) is 24.6. The summed E-state index contributed by atoms with van der Waals surface area (Å²) >= 11 is 3.09. The predicted molar refractivity (Wildman–Crippen MR) is 74.7 cm³/mol. The molecule has 1 N–H and O–H groups in total. The largest absolute Gasteiger partial charge is 0.481 e. The van der Waals surface area contributed by atoms with Crippen molar-refractivity contribution in [2.75, 3.05) is 13.1 Å². The van der Waals surface area contributed by atoms with Crippen LogP contribution in [0.25, 0.3) is 0 Å². The molecule has 1 aromatic carbocycles. The van der Waals surface area contributed by atoms with Crippen molar-refractivity contribution >= 4 is 27.8 Å². The Balaban J connectivity index is 1.92. The second-order valence-corrected chi connectivity index (χ2v) is 5.77. The molecule has 0 spiro atoms. The SMILES string of the molecule is O=C(O)C1CCN(C(=O)Cc2ccc(F)c(Br)c2)CC1. The van der Waals surface area contributed by atoms with E-state index in [0.29, 0.717) is 30.4 Å². The standard InChI is InChI=1S/C14H15BrFNO3/c15-11-7-9(1-2-12(11)16)8-13(18)17-5-3-10(4-6-17)14(19)20/h1-2,7,10H,3-6,8H2,(H,19,20). The number of benzene rings is 1. The summed E-state index contributed by atoms with van der Waals surface area (Å²) in [6.45, 7) is 0.941. The van der Waals surface area contributed by atoms with Gasteiger partial charge in [-0.1, -0.05) is 6.07 Å². The molecule has 0 radical (unpaired) electrons. The third-order valence-electron chi connectivity index (χ3n) is 3.54. The van der Waals surface area contributed by atoms with E-state index in [1.165, 1.54) is 6.07 Å². The van der Waals surface area contributed by atoms with E-state index in [2.05, 4.69) is 15.9 Å². The summed E-state index contributed by atoms with van der Waals surface area (Å²) in [7, 11) is 0. The van der Waals surface area contributed by atoms with E-state index in [1.807, 2.05) is 0 Å². The average Bonchev–Trinajstić information content (AvgIpc) is 2.43. The van der Waals surface area contributed by atoms with Crippen molar-refractivity contribution in [2.24, 2.45) is 5.92 Å². The van der Waals surface area contributed by atoms with Gasteiger partial charge in [0.05, 0.1) is 16.8 Å². The van der Waals surface area contributed by atoms with Crippen LogP contribution in [0.15, 0.2) is 22.7 Å². The van der Waals surface area contributed by atoms with Crippen molar-refractivity contribution in [1.29, 1.82) is 0 Å². The van der Waals surface area contributed by atoms with Gasteiger partial charge in [0.2, 0.25) is 5.91 Å². The van der Waals surface area contributed by atoms with E-state index in [9.17, 15) is 14.0 Å². The van der Waals surface area contributed by atoms with Gasteiger partial charge in [-0.2, -0.15) is 0 Å². The summed E-state index contributed by atoms with van der Waals surface area (Å²) in [6.07, 6.45) is 1.19. The molecule has 4 nitrogen and oxygen atoms in total. The van der Waals surface area contributed by atoms with E-state index in [0.717, 1.165) is 5.56 Å². The maximum absolute atomic E-state index is 13.1. The number of piperidine rings is 1. The molecule has 1 heterocycles. The van der Waals surface area contributed by atoms with Crippen LogP contribution >= 0.6 is 15.9 Å². The Hall–Kier alpha value is -1.43. The minimum atomic E-state index is -0.792. The van der Waals surface area contributed by atoms with Crippen LogP contribution in [-0.2, 0) is 16.0 Å². The highest BCUT2D eigenvalue weighted by Crippen LogP contribution is 2.20. The monoisotopic (exact) mass is 343 g/mol. The lowest BCUT2D eigenvalue weighted by molar-refractivity contribution is -0.145. The molecule has 0 aromatic heterocycles. The lowest BCUT2D eigenvalue weighted by Crippen LogP contribution is -2.40. The van der Waals surface area contributed by atoms with Gasteiger partial charge in [0, 0.05) is 13.1 Å². The first-order valence-corrected chi connectivity index (χ1v) is 7.21. The van der Waals surface area contributed by atoms with Crippen molar-refractivity contribution in [3.8, 4) is 0 Å². The summed E-state index contributed by atoms with van der Waals surface area (Å²) in [5.41, 5.74) is 0.739. The number of halogens is 2. The molecule has 0 atom stereocenters. The van der Waals surface area contributed by atoms with Crippen LogP contribution in [0.1, 0.15) is 18.4 Å². The highest BCUT2D eigenvalue weighted by Gasteiger charge is 2.26. The van der Waals surface area contributed by atoms with Crippen LogP contribution in [0, 0.1) is 11.7 Å². The first kappa shape index (κ1) is 15.0. The number of hydrogen-bond acceptors (Lipinski definition) is 2. The Morgan fingerprint density at radius 3 is 2.55 bits per heavy atom. The fraction of sp³-hybridized carbons (Fsp3) is 0.429. The lowest BCUT2D eigenvalue weighted by Gasteiger charge is -2.30. The third kappa shape index (κ3) is 3.56. The van der Waals surface area contributed by atoms with Crippen LogP contribution < -0.4 is 0 Å². The van der Waals surface area contributed by atoms with E-state index in [-0.39, 0.29) is 24.1 Å². The number of likely N-dealkylation sites (tertiary alicyclic amines) is 1. The molecule has 0 aliphatic carbocycles. The summed E-state index contributed by atoms with van der Waals surface area (Å²) in [5.74, 6) is -1.55. The van der Waals surface area contributed by atoms with Crippen molar-refractivity contribution in [2.45, 2.75) is 19.3 Å². The molecular formula is C14H15BrFNO3. The van der Waals surface area contributed by atoms with Gasteiger partial charge in [-0.05, 0) is 46.5 Å². The second kappa shape index (κ2) is 6.35. The first-order valence-electron chi connectivity index (χ1n) is 6.42. The molecule has 1 saturated heterocycles. The number of nitrogens with zero attached hydrogens (tertiary/aromatic N) is 1. The molecule has 6 heteroatoms. The quantitative estimate of drug-likeness (QED) is 0.916. The number of aliphatic carboxylic acids is 1. The number of rotatable bonds is 3. The Morgan fingerprint density at radius 2 is 2.00 bits per heavy atom. The van der Waals surface area contributed by atoms with Gasteiger partial charge in [-0.3, -0.25) is 9.59 Å². The van der Waals surface area contributed by atoms with E-state index in [4.69, 9.17) is 5.11 Å². The number of carbonyl (C=O) groups excluding carboxylic acids is 1. The molecule has 1 aromatic rings. The molecule has 0 bridgehead atoms. The van der Waals surface area contributed by atoms with E-state index >= 15 is 0 Å². The summed E-state index contributed by atoms with van der Waals surface area (Å²) in [6, 6.07) is 4.50. The van der Waals surface area contributed by atoms with Gasteiger partial charge in [-0.15, -0.1) is 0 Å². The Morgan fingerprint density at radius 1 is 1.35 bits per heavy atom. The number of amides is 1. The predicted octanol–water partition coefficient (Wildman–Crippen LogP) is 2.45. The van der Waals surface area contributed by atoms with Crippen LogP contribution in [0.2, 0.25) is 0 Å². The molecule has 2 rings (SSSR count). The topological polar surface area (TPSA) is 57.6 Å². The number of carboxylic acids is 1. The summed E-state index contributed by atoms with van der Waals surface area (Å²) < 4.78 is 13.5. The van der Waals surface area contributed by atoms with Crippen LogP contribution in [0.5, 0.6) is 0 Å². The summed E-state index contributed by atoms with van der Waals surface area (Å²) in [5, 5.41) is 8.91. The number of carboxylic acid groups (broad SMARTS) is 1. The van der Waals surface area contributed by atoms with Gasteiger partial charge in [-0.25, -0.2) is 4.39 Å². The minimum absolute atomic E-state index is 0.0488. The highest BCUT2D eigenvalue weighted by atomic mass is 79.9. The van der Waals surface area contributed by atoms with Gasteiger partial charge >= 0.3 is 5.97 Å². The van der Waals surface area contributed by atoms with Crippen molar-refractivity contribution in [1.82, 2.24) is 4.90 Å². The average molecular weight is 344 g/mol. The highest BCUT2D eigenvalue weighted by molar-refractivity contribution is 9.10. The Labute approximate surface area is 124 Å². The Kier molecular flexibility index (Phi) is 4.75. The normalized spacial score (nSPS) is 16.2. The van der Waals surface area contributed by atoms with Crippen molar-refractivity contribution < 1.29 is 19.1 Å². The smallest absolute Gasteiger partial charge is 0.306 e. The zero-order valence-corrected chi connectivity index (χ0v) is 12.4. The van der Waals surface area contributed by atoms with E-state index < -0.39 is 5.97 Å². The van der Waals surface area contributed by atoms with Crippen LogP contribution in [0.4, 0.5) is 4.39 Å². The fourth-order valence-electron chi connectivity index (χ4n) is 2.31. The molecule has 20 heavy (non-hydrogen) atoms. The Bertz CT molecular complexity index is 527. The van der Waals surface area contributed by atoms with Gasteiger partial charge in [0.1, 0.15) is 5.82 Å². The molecule has 1 aliphatic heterocycles. The maximum atomic E-state index is 13.1. The van der Waals surface area contributed by atoms with Gasteiger partial charge < -0.3 is 10.0 Å². The fourth-order valence-corrected chi connectivity index (χ4v) is 2.74. The minimum Gasteiger partial charge on any atom is -0.481 e. The zero-order valence-electron chi connectivity index (χ0n) is 10.8. The third-order valence-corrected chi connectivity index (χ3v) is 4.14. The van der Waals surface area contributed by atoms with E-state index in [1.54, 1.807) is 17.0 Å². The van der Waals surface area contributed by atoms with Gasteiger partial charge in [0.25, 0.3) is 0 Å². The molecule has 1 aliphatic rings. The molecule has 1 fully saturated rings. The number of carbonyl (C=O) groups is 2. The molecule has 0 unspecified atom stereocenters. The molecule has 108 valence electrons. The van der Waals surface area contributed by atoms with Crippen molar-refractivity contribution in [3.05, 3.63) is 34.1 Å². The number of hydrogen-bond donors (Lipinski definition) is 1. The first-order chi connectivity index (χ1) is 9.47.